The van der Waals surface area contributed by atoms with Crippen LogP contribution in [0.2, 0.25) is 0 Å². The van der Waals surface area contributed by atoms with E-state index in [0.717, 1.165) is 44.9 Å². The van der Waals surface area contributed by atoms with Crippen LogP contribution in [0.4, 0.5) is 0 Å². The average Bonchev–Trinajstić information content (AvgIpc) is 3.20. The van der Waals surface area contributed by atoms with Crippen molar-refractivity contribution in [3.8, 4) is 0 Å². The second-order valence-electron chi connectivity index (χ2n) is 15.2. The molecule has 3 saturated carbocycles. The molecule has 0 aromatic carbocycles. The van der Waals surface area contributed by atoms with Crippen LogP contribution in [0.15, 0.2) is 23.3 Å². The number of esters is 4. The van der Waals surface area contributed by atoms with Gasteiger partial charge in [-0.2, -0.15) is 0 Å². The molecule has 0 spiro atoms. The molecule has 3 fully saturated rings. The first kappa shape index (κ1) is 35.2. The van der Waals surface area contributed by atoms with Gasteiger partial charge in [0.2, 0.25) is 0 Å². The third-order valence-electron chi connectivity index (χ3n) is 11.9. The molecule has 45 heavy (non-hydrogen) atoms. The van der Waals surface area contributed by atoms with Crippen molar-refractivity contribution in [3.63, 3.8) is 0 Å². The second kappa shape index (κ2) is 14.0. The number of hydrogen-bond donors (Lipinski definition) is 0. The van der Waals surface area contributed by atoms with Crippen LogP contribution in [-0.4, -0.2) is 48.8 Å². The molecular formula is C37H56O8. The lowest BCUT2D eigenvalue weighted by Gasteiger charge is -2.60. The van der Waals surface area contributed by atoms with Crippen LogP contribution in [0.1, 0.15) is 114 Å². The summed E-state index contributed by atoms with van der Waals surface area (Å²) >= 11 is 0. The second-order valence-corrected chi connectivity index (χ2v) is 15.2. The van der Waals surface area contributed by atoms with E-state index in [9.17, 15) is 19.2 Å². The Balaban J connectivity index is 1.66. The van der Waals surface area contributed by atoms with Crippen molar-refractivity contribution in [2.24, 2.45) is 46.3 Å². The number of allylic oxidation sites excluding steroid dienone is 2. The minimum Gasteiger partial charge on any atom is -0.462 e. The highest BCUT2D eigenvalue weighted by atomic mass is 16.6. The number of rotatable bonds is 10. The van der Waals surface area contributed by atoms with E-state index < -0.39 is 0 Å². The van der Waals surface area contributed by atoms with E-state index in [4.69, 9.17) is 18.9 Å². The van der Waals surface area contributed by atoms with Crippen LogP contribution in [0.3, 0.4) is 0 Å². The Morgan fingerprint density at radius 2 is 1.56 bits per heavy atom. The maximum absolute atomic E-state index is 12.6. The van der Waals surface area contributed by atoms with Crippen molar-refractivity contribution < 1.29 is 38.1 Å². The highest BCUT2D eigenvalue weighted by molar-refractivity contribution is 5.67. The third kappa shape index (κ3) is 7.51. The molecule has 0 amide bonds. The third-order valence-corrected chi connectivity index (χ3v) is 11.9. The van der Waals surface area contributed by atoms with Gasteiger partial charge in [0.05, 0.1) is 0 Å². The van der Waals surface area contributed by atoms with Crippen LogP contribution < -0.4 is 0 Å². The highest BCUT2D eigenvalue weighted by Crippen LogP contribution is 2.68. The van der Waals surface area contributed by atoms with Gasteiger partial charge < -0.3 is 18.9 Å². The molecule has 0 bridgehead atoms. The summed E-state index contributed by atoms with van der Waals surface area (Å²) in [5.74, 6) is 0.381. The molecule has 8 heteroatoms. The normalized spacial score (nSPS) is 36.5. The summed E-state index contributed by atoms with van der Waals surface area (Å²) in [5.41, 5.74) is 2.21. The fourth-order valence-electron chi connectivity index (χ4n) is 10.2. The van der Waals surface area contributed by atoms with Gasteiger partial charge in [0.25, 0.3) is 0 Å². The molecule has 0 unspecified atom stereocenters. The van der Waals surface area contributed by atoms with Gasteiger partial charge >= 0.3 is 23.9 Å². The first-order valence-corrected chi connectivity index (χ1v) is 17.1. The lowest BCUT2D eigenvalue weighted by Crippen LogP contribution is -2.59. The number of ether oxygens (including phenoxy) is 4. The van der Waals surface area contributed by atoms with Crippen LogP contribution in [-0.2, 0) is 38.1 Å². The summed E-state index contributed by atoms with van der Waals surface area (Å²) in [6, 6.07) is 0. The van der Waals surface area contributed by atoms with Crippen LogP contribution in [0.5, 0.6) is 0 Å². The summed E-state index contributed by atoms with van der Waals surface area (Å²) in [4.78, 5) is 48.2. The van der Waals surface area contributed by atoms with E-state index in [-0.39, 0.29) is 83.3 Å². The molecule has 0 heterocycles. The van der Waals surface area contributed by atoms with Crippen molar-refractivity contribution in [3.05, 3.63) is 23.3 Å². The van der Waals surface area contributed by atoms with Gasteiger partial charge in [0.1, 0.15) is 24.9 Å². The van der Waals surface area contributed by atoms with E-state index >= 15 is 0 Å². The first-order chi connectivity index (χ1) is 21.1. The zero-order valence-corrected chi connectivity index (χ0v) is 29.0. The maximum atomic E-state index is 12.6. The molecule has 252 valence electrons. The van der Waals surface area contributed by atoms with Gasteiger partial charge in [-0.05, 0) is 85.5 Å². The van der Waals surface area contributed by atoms with Gasteiger partial charge in [-0.15, -0.1) is 0 Å². The molecule has 8 nitrogen and oxygen atoms in total. The van der Waals surface area contributed by atoms with Crippen LogP contribution >= 0.6 is 0 Å². The quantitative estimate of drug-likeness (QED) is 0.143. The Morgan fingerprint density at radius 1 is 0.911 bits per heavy atom. The van der Waals surface area contributed by atoms with Crippen molar-refractivity contribution in [1.29, 1.82) is 0 Å². The Morgan fingerprint density at radius 3 is 2.16 bits per heavy atom. The van der Waals surface area contributed by atoms with Crippen molar-refractivity contribution >= 4 is 23.9 Å². The number of carbonyl (C=O) groups excluding carboxylic acids is 4. The molecule has 4 rings (SSSR count). The fourth-order valence-corrected chi connectivity index (χ4v) is 10.2. The zero-order valence-electron chi connectivity index (χ0n) is 29.0. The van der Waals surface area contributed by atoms with E-state index in [1.165, 1.54) is 38.8 Å². The summed E-state index contributed by atoms with van der Waals surface area (Å²) in [7, 11) is 0. The topological polar surface area (TPSA) is 105 Å². The van der Waals surface area contributed by atoms with Crippen LogP contribution in [0.25, 0.3) is 0 Å². The molecule has 10 atom stereocenters. The first-order valence-electron chi connectivity index (χ1n) is 17.1. The van der Waals surface area contributed by atoms with Crippen molar-refractivity contribution in [2.75, 3.05) is 6.61 Å². The molecular weight excluding hydrogens is 572 g/mol. The number of hydrogen-bond acceptors (Lipinski definition) is 8. The maximum Gasteiger partial charge on any atom is 0.302 e. The van der Waals surface area contributed by atoms with Gasteiger partial charge in [-0.1, -0.05) is 51.8 Å². The predicted molar refractivity (Wildman–Crippen MR) is 171 cm³/mol. The number of fused-ring (bicyclic) bond motifs is 5. The zero-order chi connectivity index (χ0) is 33.3. The Kier molecular flexibility index (Phi) is 11.0. The molecule has 0 N–H and O–H groups in total. The molecule has 0 aromatic rings. The standard InChI is InChI=1S/C37H56O8/c1-21(2)27(15-17-42-23(4)38)11-10-22(3)31-19-32(44-25(6)40)34-30-13-12-28-18-29(43-24(5)39)14-16-36(28,8)35(30)33(45-26(7)41)20-37(31,34)9/h12,15,21-22,29-35H,10-11,13-14,16-20H2,1-9H3/b27-15+/t22-,29+,30+,31-,32-,33-,34-,35-,36+,37-/m1/s1. The van der Waals surface area contributed by atoms with Crippen LogP contribution in [0, 0.1) is 46.3 Å². The number of carbonyl (C=O) groups is 4. The van der Waals surface area contributed by atoms with E-state index in [2.05, 4.69) is 40.7 Å². The molecule has 4 aliphatic carbocycles. The molecule has 0 radical (unpaired) electrons. The lowest BCUT2D eigenvalue weighted by molar-refractivity contribution is -0.184. The molecule has 0 saturated heterocycles. The SMILES string of the molecule is CC(=O)OC/C=C(\CC[C@@H](C)[C@H]1C[C@@H](OC(C)=O)[C@H]2[C@@H]3CC=C4C[C@@H](OC(C)=O)CC[C@]4(C)[C@H]3[C@H](OC(C)=O)C[C@@]21C)C(C)C. The molecule has 0 aromatic heterocycles. The largest absolute Gasteiger partial charge is 0.462 e. The minimum absolute atomic E-state index is 0.0987. The van der Waals surface area contributed by atoms with E-state index in [1.54, 1.807) is 0 Å². The lowest BCUT2D eigenvalue weighted by atomic mass is 9.45. The van der Waals surface area contributed by atoms with E-state index in [0.29, 0.717) is 18.3 Å². The van der Waals surface area contributed by atoms with Gasteiger partial charge in [-0.3, -0.25) is 19.2 Å². The summed E-state index contributed by atoms with van der Waals surface area (Å²) < 4.78 is 23.3. The molecule has 0 aliphatic heterocycles. The minimum atomic E-state index is -0.280. The van der Waals surface area contributed by atoms with Gasteiger partial charge in [-0.25, -0.2) is 0 Å². The Hall–Kier alpha value is -2.64. The Labute approximate surface area is 270 Å². The molecule has 4 aliphatic rings. The smallest absolute Gasteiger partial charge is 0.302 e. The predicted octanol–water partition coefficient (Wildman–Crippen LogP) is 7.14. The van der Waals surface area contributed by atoms with Gasteiger partial charge in [0.15, 0.2) is 0 Å². The summed E-state index contributed by atoms with van der Waals surface area (Å²) in [6.45, 7) is 17.5. The monoisotopic (exact) mass is 628 g/mol. The highest BCUT2D eigenvalue weighted by Gasteiger charge is 2.66. The summed E-state index contributed by atoms with van der Waals surface area (Å²) in [6.07, 6.45) is 10.4. The van der Waals surface area contributed by atoms with Crippen molar-refractivity contribution in [2.45, 2.75) is 132 Å². The Bertz CT molecular complexity index is 1200. The average molecular weight is 629 g/mol. The summed E-state index contributed by atoms with van der Waals surface area (Å²) in [5, 5.41) is 0. The van der Waals surface area contributed by atoms with Crippen molar-refractivity contribution in [1.82, 2.24) is 0 Å². The fraction of sp³-hybridized carbons (Fsp3) is 0.784. The van der Waals surface area contributed by atoms with E-state index in [1.807, 2.05) is 6.08 Å². The van der Waals surface area contributed by atoms with Gasteiger partial charge in [0, 0.05) is 46.0 Å².